The number of benzene rings is 2. The van der Waals surface area contributed by atoms with Gasteiger partial charge in [-0.05, 0) is 47.2 Å². The highest BCUT2D eigenvalue weighted by Gasteiger charge is 2.22. The average molecular weight is 515 g/mol. The number of aromatic nitrogens is 4. The van der Waals surface area contributed by atoms with E-state index in [-0.39, 0.29) is 17.3 Å². The van der Waals surface area contributed by atoms with Gasteiger partial charge in [-0.1, -0.05) is 42.0 Å². The Morgan fingerprint density at radius 2 is 1.84 bits per heavy atom. The Kier molecular flexibility index (Phi) is 7.25. The Bertz CT molecular complexity index is 1480. The van der Waals surface area contributed by atoms with Crippen molar-refractivity contribution in [3.8, 4) is 5.88 Å². The summed E-state index contributed by atoms with van der Waals surface area (Å²) >= 11 is 0. The van der Waals surface area contributed by atoms with Crippen molar-refractivity contribution >= 4 is 34.2 Å². The fourth-order valence-electron chi connectivity index (χ4n) is 4.33. The van der Waals surface area contributed by atoms with Crippen molar-refractivity contribution in [2.24, 2.45) is 5.92 Å². The molecule has 38 heavy (non-hydrogen) atoms. The van der Waals surface area contributed by atoms with E-state index in [2.05, 4.69) is 25.9 Å². The second-order valence-corrected chi connectivity index (χ2v) is 9.11. The molecule has 2 aromatic heterocycles. The van der Waals surface area contributed by atoms with Crippen LogP contribution in [0.2, 0.25) is 0 Å². The Balaban J connectivity index is 1.42. The van der Waals surface area contributed by atoms with Gasteiger partial charge < -0.3 is 20.5 Å². The summed E-state index contributed by atoms with van der Waals surface area (Å²) in [4.78, 5) is 41.6. The van der Waals surface area contributed by atoms with Crippen LogP contribution in [-0.2, 0) is 11.3 Å². The molecule has 2 aromatic carbocycles. The van der Waals surface area contributed by atoms with E-state index in [1.165, 1.54) is 12.1 Å². The summed E-state index contributed by atoms with van der Waals surface area (Å²) in [7, 11) is 0. The number of aliphatic carboxylic acids is 1. The number of rotatable bonds is 10. The number of fused-ring (bicyclic) bond motifs is 1. The van der Waals surface area contributed by atoms with E-state index in [9.17, 15) is 14.4 Å². The predicted octanol–water partition coefficient (Wildman–Crippen LogP) is 3.12. The van der Waals surface area contributed by atoms with Crippen LogP contribution in [0.5, 0.6) is 5.88 Å². The first-order chi connectivity index (χ1) is 18.5. The van der Waals surface area contributed by atoms with Crippen molar-refractivity contribution in [3.63, 3.8) is 0 Å². The Morgan fingerprint density at radius 3 is 2.55 bits per heavy atom. The van der Waals surface area contributed by atoms with E-state index in [0.717, 1.165) is 35.6 Å². The lowest BCUT2D eigenvalue weighted by Crippen LogP contribution is -2.33. The maximum Gasteiger partial charge on any atom is 0.341 e. The molecule has 0 aliphatic heterocycles. The predicted molar refractivity (Wildman–Crippen MR) is 138 cm³/mol. The zero-order valence-corrected chi connectivity index (χ0v) is 20.5. The molecule has 1 fully saturated rings. The molecule has 0 spiro atoms. The maximum atomic E-state index is 13.4. The van der Waals surface area contributed by atoms with Crippen LogP contribution >= 0.6 is 0 Å². The fraction of sp³-hybridized carbons (Fsp3) is 0.259. The lowest BCUT2D eigenvalue weighted by molar-refractivity contribution is -0.139. The molecule has 1 aliphatic rings. The summed E-state index contributed by atoms with van der Waals surface area (Å²) in [5.41, 5.74) is 1.54. The van der Waals surface area contributed by atoms with Crippen LogP contribution in [0.4, 0.5) is 5.69 Å². The summed E-state index contributed by atoms with van der Waals surface area (Å²) in [5, 5.41) is 24.1. The molecule has 4 aromatic rings. The second kappa shape index (κ2) is 11.1. The number of carboxylic acids is 1. The third kappa shape index (κ3) is 5.61. The average Bonchev–Trinajstić information content (AvgIpc) is 3.40. The highest BCUT2D eigenvalue weighted by Crippen LogP contribution is 2.27. The summed E-state index contributed by atoms with van der Waals surface area (Å²) in [5.74, 6) is -1.66. The smallest absolute Gasteiger partial charge is 0.341 e. The Hall–Kier alpha value is -4.80. The first kappa shape index (κ1) is 24.9. The van der Waals surface area contributed by atoms with Gasteiger partial charge in [0.05, 0.1) is 18.4 Å². The van der Waals surface area contributed by atoms with Crippen LogP contribution < -0.4 is 15.4 Å². The number of anilines is 1. The number of carbonyl (C=O) groups is 3. The fourth-order valence-corrected chi connectivity index (χ4v) is 4.33. The number of hydrogen-bond acceptors (Lipinski definition) is 7. The van der Waals surface area contributed by atoms with Gasteiger partial charge in [-0.25, -0.2) is 14.5 Å². The number of hydrogen-bond donors (Lipinski definition) is 3. The molecule has 194 valence electrons. The van der Waals surface area contributed by atoms with E-state index >= 15 is 0 Å². The largest absolute Gasteiger partial charge is 0.479 e. The third-order valence-electron chi connectivity index (χ3n) is 6.52. The van der Waals surface area contributed by atoms with Crippen LogP contribution in [-0.4, -0.2) is 56.0 Å². The molecule has 1 saturated carbocycles. The van der Waals surface area contributed by atoms with Gasteiger partial charge in [0, 0.05) is 24.4 Å². The van der Waals surface area contributed by atoms with Gasteiger partial charge in [-0.2, -0.15) is 0 Å². The molecular weight excluding hydrogens is 488 g/mol. The lowest BCUT2D eigenvalue weighted by Gasteiger charge is -2.25. The van der Waals surface area contributed by atoms with Gasteiger partial charge in [0.1, 0.15) is 0 Å². The minimum absolute atomic E-state index is 0.0258. The van der Waals surface area contributed by atoms with Gasteiger partial charge in [-0.3, -0.25) is 9.59 Å². The molecule has 11 heteroatoms. The van der Waals surface area contributed by atoms with Crippen molar-refractivity contribution < 1.29 is 24.2 Å². The first-order valence-electron chi connectivity index (χ1n) is 12.3. The van der Waals surface area contributed by atoms with Gasteiger partial charge in [0.2, 0.25) is 5.88 Å². The van der Waals surface area contributed by atoms with Crippen LogP contribution in [0, 0.1) is 5.92 Å². The zero-order valence-electron chi connectivity index (χ0n) is 20.5. The molecule has 3 N–H and O–H groups in total. The number of nitrogens with one attached hydrogen (secondary N) is 2. The number of carboxylic acid groups (broad SMARTS) is 1. The maximum absolute atomic E-state index is 13.4. The van der Waals surface area contributed by atoms with Crippen molar-refractivity contribution in [2.75, 3.05) is 18.5 Å². The minimum Gasteiger partial charge on any atom is -0.479 e. The summed E-state index contributed by atoms with van der Waals surface area (Å²) in [6.07, 6.45) is 6.63. The number of pyridine rings is 1. The first-order valence-corrected chi connectivity index (χ1v) is 12.3. The zero-order chi connectivity index (χ0) is 26.5. The normalized spacial score (nSPS) is 13.1. The van der Waals surface area contributed by atoms with Crippen molar-refractivity contribution in [3.05, 3.63) is 77.7 Å². The van der Waals surface area contributed by atoms with E-state index in [0.29, 0.717) is 24.6 Å². The summed E-state index contributed by atoms with van der Waals surface area (Å²) in [6, 6.07) is 14.1. The quantitative estimate of drug-likeness (QED) is 0.292. The highest BCUT2D eigenvalue weighted by atomic mass is 16.5. The summed E-state index contributed by atoms with van der Waals surface area (Å²) in [6.45, 7) is 0.399. The monoisotopic (exact) mass is 514 g/mol. The van der Waals surface area contributed by atoms with E-state index < -0.39 is 24.4 Å². The summed E-state index contributed by atoms with van der Waals surface area (Å²) < 4.78 is 6.86. The molecule has 1 aliphatic carbocycles. The highest BCUT2D eigenvalue weighted by molar-refractivity contribution is 6.15. The van der Waals surface area contributed by atoms with Gasteiger partial charge in [0.15, 0.2) is 12.3 Å². The van der Waals surface area contributed by atoms with Crippen molar-refractivity contribution in [1.82, 2.24) is 25.3 Å². The number of carbonyl (C=O) groups excluding carboxylic acids is 2. The Morgan fingerprint density at radius 1 is 1.03 bits per heavy atom. The van der Waals surface area contributed by atoms with Crippen molar-refractivity contribution in [1.29, 1.82) is 0 Å². The lowest BCUT2D eigenvalue weighted by atomic mass is 9.85. The van der Waals surface area contributed by atoms with Crippen LogP contribution in [0.25, 0.3) is 10.8 Å². The van der Waals surface area contributed by atoms with Gasteiger partial charge >= 0.3 is 5.97 Å². The SMILES string of the molecule is O=C(O)COc1ccc(NC(=O)c2ccc(Cn3ccnn3)c3ccccc23)c(C(=O)NCC2CCC2)n1. The number of ether oxygens (including phenoxy) is 1. The molecule has 2 amide bonds. The Labute approximate surface area is 217 Å². The van der Waals surface area contributed by atoms with E-state index in [4.69, 9.17) is 9.84 Å². The van der Waals surface area contributed by atoms with Gasteiger partial charge in [0.25, 0.3) is 11.8 Å². The third-order valence-corrected chi connectivity index (χ3v) is 6.52. The molecule has 5 rings (SSSR count). The standard InChI is InChI=1S/C27H26N6O5/c34-24(35)16-38-23-11-10-22(25(31-23)27(37)28-14-17-4-3-5-17)30-26(36)21-9-8-18(15-33-13-12-29-32-33)19-6-1-2-7-20(19)21/h1-2,6-13,17H,3-5,14-16H2,(H,28,37)(H,30,36)(H,34,35). The number of nitrogens with zero attached hydrogens (tertiary/aromatic N) is 4. The molecule has 0 atom stereocenters. The van der Waals surface area contributed by atoms with E-state index in [1.54, 1.807) is 23.1 Å². The number of amides is 2. The molecular formula is C27H26N6O5. The van der Waals surface area contributed by atoms with Crippen LogP contribution in [0.1, 0.15) is 45.7 Å². The van der Waals surface area contributed by atoms with Crippen LogP contribution in [0.3, 0.4) is 0 Å². The van der Waals surface area contributed by atoms with Crippen LogP contribution in [0.15, 0.2) is 60.9 Å². The molecule has 0 bridgehead atoms. The molecule has 0 unspecified atom stereocenters. The van der Waals surface area contributed by atoms with Gasteiger partial charge in [-0.15, -0.1) is 5.10 Å². The van der Waals surface area contributed by atoms with Crippen molar-refractivity contribution in [2.45, 2.75) is 25.8 Å². The topological polar surface area (TPSA) is 148 Å². The molecule has 0 saturated heterocycles. The minimum atomic E-state index is -1.17. The molecule has 0 radical (unpaired) electrons. The van der Waals surface area contributed by atoms with E-state index in [1.807, 2.05) is 30.3 Å². The molecule has 11 nitrogen and oxygen atoms in total. The molecule has 2 heterocycles. The second-order valence-electron chi connectivity index (χ2n) is 9.11.